The number of aromatic nitrogens is 3. The summed E-state index contributed by atoms with van der Waals surface area (Å²) in [4.78, 5) is 4.93. The molecule has 0 aliphatic heterocycles. The molecular weight excluding hydrogens is 560 g/mol. The van der Waals surface area contributed by atoms with Crippen LogP contribution in [-0.2, 0) is 0 Å². The molecule has 0 atom stereocenters. The van der Waals surface area contributed by atoms with E-state index in [0.717, 1.165) is 55.8 Å². The number of rotatable bonds is 4. The van der Waals surface area contributed by atoms with Gasteiger partial charge in [-0.05, 0) is 71.3 Å². The molecule has 0 bridgehead atoms. The lowest BCUT2D eigenvalue weighted by atomic mass is 9.98. The summed E-state index contributed by atoms with van der Waals surface area (Å²) in [5.41, 5.74) is 10.1. The average Bonchev–Trinajstić information content (AvgIpc) is 3.65. The first-order valence-corrected chi connectivity index (χ1v) is 15.4. The van der Waals surface area contributed by atoms with Crippen molar-refractivity contribution < 1.29 is 0 Å². The molecule has 4 heteroatoms. The zero-order chi connectivity index (χ0) is 30.6. The van der Waals surface area contributed by atoms with Gasteiger partial charge in [0.1, 0.15) is 11.9 Å². The fraction of sp³-hybridized carbons (Fsp3) is 0. The number of para-hydroxylation sites is 4. The van der Waals surface area contributed by atoms with E-state index in [9.17, 15) is 5.26 Å². The summed E-state index contributed by atoms with van der Waals surface area (Å²) in [5.74, 6) is 0.886. The number of hydrogen-bond donors (Lipinski definition) is 0. The minimum absolute atomic E-state index is 0.631. The maximum absolute atomic E-state index is 10.3. The first-order chi connectivity index (χ1) is 22.8. The third-order valence-electron chi connectivity index (χ3n) is 9.02. The Bertz CT molecular complexity index is 2540. The highest BCUT2D eigenvalue weighted by atomic mass is 15.1. The Balaban J connectivity index is 1.10. The van der Waals surface area contributed by atoms with Crippen LogP contribution < -0.4 is 0 Å². The molecule has 0 amide bonds. The molecule has 0 fully saturated rings. The van der Waals surface area contributed by atoms with Gasteiger partial charge in [0, 0.05) is 33.3 Å². The van der Waals surface area contributed by atoms with E-state index in [1.54, 1.807) is 0 Å². The number of benzene rings is 6. The van der Waals surface area contributed by atoms with Crippen LogP contribution in [0.15, 0.2) is 158 Å². The van der Waals surface area contributed by atoms with E-state index in [2.05, 4.69) is 149 Å². The van der Waals surface area contributed by atoms with Gasteiger partial charge in [0.25, 0.3) is 0 Å². The Labute approximate surface area is 265 Å². The molecule has 6 aromatic carbocycles. The van der Waals surface area contributed by atoms with Gasteiger partial charge in [-0.25, -0.2) is 4.98 Å². The van der Waals surface area contributed by atoms with Crippen LogP contribution in [0.3, 0.4) is 0 Å². The van der Waals surface area contributed by atoms with E-state index < -0.39 is 0 Å². The normalized spacial score (nSPS) is 11.5. The van der Waals surface area contributed by atoms with Gasteiger partial charge in [0.2, 0.25) is 0 Å². The van der Waals surface area contributed by atoms with Gasteiger partial charge >= 0.3 is 0 Å². The van der Waals surface area contributed by atoms with Crippen LogP contribution in [0.2, 0.25) is 0 Å². The molecule has 0 saturated heterocycles. The maximum atomic E-state index is 10.3. The van der Waals surface area contributed by atoms with Gasteiger partial charge in [0.15, 0.2) is 0 Å². The number of hydrogen-bond acceptors (Lipinski definition) is 2. The van der Waals surface area contributed by atoms with Crippen molar-refractivity contribution in [1.29, 1.82) is 5.26 Å². The first kappa shape index (κ1) is 26.0. The summed E-state index contributed by atoms with van der Waals surface area (Å²) < 4.78 is 4.43. The van der Waals surface area contributed by atoms with Gasteiger partial charge in [0.05, 0.1) is 33.3 Å². The predicted octanol–water partition coefficient (Wildman–Crippen LogP) is 10.5. The van der Waals surface area contributed by atoms with Crippen LogP contribution in [0.4, 0.5) is 0 Å². The molecule has 0 radical (unpaired) electrons. The van der Waals surface area contributed by atoms with Gasteiger partial charge in [-0.1, -0.05) is 97.1 Å². The molecular formula is C42H26N4. The third kappa shape index (κ3) is 3.96. The van der Waals surface area contributed by atoms with Crippen LogP contribution in [-0.4, -0.2) is 14.1 Å². The molecule has 0 aliphatic rings. The monoisotopic (exact) mass is 586 g/mol. The van der Waals surface area contributed by atoms with Crippen molar-refractivity contribution in [3.63, 3.8) is 0 Å². The molecule has 3 heterocycles. The summed E-state index contributed by atoms with van der Waals surface area (Å²) in [5, 5.41) is 15.1. The summed E-state index contributed by atoms with van der Waals surface area (Å²) in [6.45, 7) is 0. The van der Waals surface area contributed by atoms with Gasteiger partial charge in [-0.2, -0.15) is 5.26 Å². The second-order valence-corrected chi connectivity index (χ2v) is 11.6. The maximum Gasteiger partial charge on any atom is 0.137 e. The molecule has 214 valence electrons. The van der Waals surface area contributed by atoms with Crippen molar-refractivity contribution in [2.45, 2.75) is 0 Å². The quantitative estimate of drug-likeness (QED) is 0.206. The number of pyridine rings is 1. The summed E-state index contributed by atoms with van der Waals surface area (Å²) >= 11 is 0. The van der Waals surface area contributed by atoms with E-state index in [1.807, 2.05) is 24.4 Å². The van der Waals surface area contributed by atoms with Crippen LogP contribution in [0, 0.1) is 11.3 Å². The summed E-state index contributed by atoms with van der Waals surface area (Å²) in [6, 6.07) is 55.0. The van der Waals surface area contributed by atoms with Crippen molar-refractivity contribution >= 4 is 43.6 Å². The molecule has 0 spiro atoms. The molecule has 9 rings (SSSR count). The molecule has 0 aliphatic carbocycles. The molecule has 0 N–H and O–H groups in total. The molecule has 0 unspecified atom stereocenters. The van der Waals surface area contributed by atoms with E-state index >= 15 is 0 Å². The van der Waals surface area contributed by atoms with E-state index in [-0.39, 0.29) is 0 Å². The Morgan fingerprint density at radius 1 is 0.435 bits per heavy atom. The molecule has 9 aromatic rings. The predicted molar refractivity (Wildman–Crippen MR) is 189 cm³/mol. The number of nitriles is 1. The zero-order valence-electron chi connectivity index (χ0n) is 24.8. The highest BCUT2D eigenvalue weighted by molar-refractivity contribution is 6.10. The van der Waals surface area contributed by atoms with Crippen molar-refractivity contribution in [1.82, 2.24) is 14.1 Å². The van der Waals surface area contributed by atoms with Gasteiger partial charge < -0.3 is 4.57 Å². The van der Waals surface area contributed by atoms with Gasteiger partial charge in [-0.15, -0.1) is 0 Å². The average molecular weight is 587 g/mol. The van der Waals surface area contributed by atoms with Crippen molar-refractivity contribution in [3.8, 4) is 39.8 Å². The highest BCUT2D eigenvalue weighted by Crippen LogP contribution is 2.35. The summed E-state index contributed by atoms with van der Waals surface area (Å²) in [7, 11) is 0. The van der Waals surface area contributed by atoms with E-state index in [1.165, 1.54) is 21.5 Å². The minimum Gasteiger partial charge on any atom is -0.308 e. The first-order valence-electron chi connectivity index (χ1n) is 15.4. The lowest BCUT2D eigenvalue weighted by Gasteiger charge is -2.12. The molecule has 4 nitrogen and oxygen atoms in total. The fourth-order valence-corrected chi connectivity index (χ4v) is 6.92. The van der Waals surface area contributed by atoms with Crippen molar-refractivity contribution in [2.24, 2.45) is 0 Å². The highest BCUT2D eigenvalue weighted by Gasteiger charge is 2.16. The smallest absolute Gasteiger partial charge is 0.137 e. The minimum atomic E-state index is 0.631. The molecule has 0 saturated carbocycles. The lowest BCUT2D eigenvalue weighted by Crippen LogP contribution is -1.98. The Kier molecular flexibility index (Phi) is 5.84. The van der Waals surface area contributed by atoms with E-state index in [0.29, 0.717) is 5.56 Å². The fourth-order valence-electron chi connectivity index (χ4n) is 6.92. The molecule has 46 heavy (non-hydrogen) atoms. The van der Waals surface area contributed by atoms with Crippen LogP contribution in [0.1, 0.15) is 5.56 Å². The zero-order valence-corrected chi connectivity index (χ0v) is 24.8. The number of nitrogens with zero attached hydrogens (tertiary/aromatic N) is 4. The van der Waals surface area contributed by atoms with Gasteiger partial charge in [-0.3, -0.25) is 4.57 Å². The van der Waals surface area contributed by atoms with Crippen LogP contribution in [0.25, 0.3) is 77.4 Å². The standard InChI is InChI=1S/C42H26N4/c43-26-32-25-30(20-22-37(32)45-38-16-5-1-12-33(38)34-13-2-6-17-39(34)45)28-10-9-11-29(24-28)31-21-23-42(44-27-31)46-40-18-7-3-14-35(40)36-15-4-8-19-41(36)46/h1-25,27H. The van der Waals surface area contributed by atoms with Crippen molar-refractivity contribution in [2.75, 3.05) is 0 Å². The second-order valence-electron chi connectivity index (χ2n) is 11.6. The van der Waals surface area contributed by atoms with Crippen molar-refractivity contribution in [3.05, 3.63) is 163 Å². The third-order valence-corrected chi connectivity index (χ3v) is 9.02. The van der Waals surface area contributed by atoms with Crippen LogP contribution in [0.5, 0.6) is 0 Å². The largest absolute Gasteiger partial charge is 0.308 e. The topological polar surface area (TPSA) is 46.5 Å². The van der Waals surface area contributed by atoms with E-state index in [4.69, 9.17) is 4.98 Å². The second kappa shape index (κ2) is 10.3. The lowest BCUT2D eigenvalue weighted by molar-refractivity contribution is 1.08. The Morgan fingerprint density at radius 2 is 0.913 bits per heavy atom. The SMILES string of the molecule is N#Cc1cc(-c2cccc(-c3ccc(-n4c5ccccc5c5ccccc54)nc3)c2)ccc1-n1c2ccccc2c2ccccc21. The Morgan fingerprint density at radius 3 is 1.43 bits per heavy atom. The molecule has 3 aromatic heterocycles. The summed E-state index contributed by atoms with van der Waals surface area (Å²) in [6.07, 6.45) is 1.95. The number of fused-ring (bicyclic) bond motifs is 6. The Hall–Kier alpha value is -6.44. The van der Waals surface area contributed by atoms with Crippen LogP contribution >= 0.6 is 0 Å².